The van der Waals surface area contributed by atoms with Gasteiger partial charge in [0.05, 0.1) is 6.42 Å². The van der Waals surface area contributed by atoms with Crippen molar-refractivity contribution < 1.29 is 9.90 Å². The quantitative estimate of drug-likeness (QED) is 0.888. The monoisotopic (exact) mass is 288 g/mol. The Hall–Kier alpha value is -1.97. The van der Waals surface area contributed by atoms with Crippen LogP contribution in [0.1, 0.15) is 32.3 Å². The molecular weight excluding hydrogens is 264 g/mol. The summed E-state index contributed by atoms with van der Waals surface area (Å²) < 4.78 is 2.00. The Labute approximate surface area is 126 Å². The predicted octanol–water partition coefficient (Wildman–Crippen LogP) is 3.08. The first-order valence-electron chi connectivity index (χ1n) is 7.61. The molecule has 21 heavy (non-hydrogen) atoms. The van der Waals surface area contributed by atoms with Crippen LogP contribution >= 0.6 is 0 Å². The highest BCUT2D eigenvalue weighted by molar-refractivity contribution is 5.90. The van der Waals surface area contributed by atoms with Crippen LogP contribution in [0, 0.1) is 0 Å². The third-order valence-electron chi connectivity index (χ3n) is 3.74. The highest BCUT2D eigenvalue weighted by Crippen LogP contribution is 2.25. The molecular formula is C17H24N2O2. The highest BCUT2D eigenvalue weighted by Gasteiger charge is 2.16. The summed E-state index contributed by atoms with van der Waals surface area (Å²) in [5, 5.41) is 10.6. The van der Waals surface area contributed by atoms with Gasteiger partial charge in [0.25, 0.3) is 0 Å². The van der Waals surface area contributed by atoms with Gasteiger partial charge < -0.3 is 14.6 Å². The minimum atomic E-state index is 0.162. The summed E-state index contributed by atoms with van der Waals surface area (Å²) in [5.74, 6) is 0.399. The molecule has 0 saturated heterocycles. The van der Waals surface area contributed by atoms with Gasteiger partial charge in [-0.3, -0.25) is 4.79 Å². The maximum atomic E-state index is 12.5. The number of fused-ring (bicyclic) bond motifs is 1. The summed E-state index contributed by atoms with van der Waals surface area (Å²) >= 11 is 0. The summed E-state index contributed by atoms with van der Waals surface area (Å²) in [6, 6.07) is 5.30. The molecule has 1 N–H and O–H groups in total. The van der Waals surface area contributed by atoms with Crippen molar-refractivity contribution in [1.82, 2.24) is 9.47 Å². The van der Waals surface area contributed by atoms with Gasteiger partial charge in [0.15, 0.2) is 0 Å². The van der Waals surface area contributed by atoms with Crippen LogP contribution < -0.4 is 0 Å². The molecule has 2 rings (SSSR count). The SMILES string of the molecule is CCCN(CCC)C(=O)Cc1cn(C)c2ccc(O)cc12. The average molecular weight is 288 g/mol. The van der Waals surface area contributed by atoms with E-state index in [4.69, 9.17) is 0 Å². The van der Waals surface area contributed by atoms with E-state index in [1.807, 2.05) is 28.8 Å². The molecule has 0 atom stereocenters. The molecule has 0 unspecified atom stereocenters. The molecule has 0 radical (unpaired) electrons. The number of amides is 1. The fourth-order valence-electron chi connectivity index (χ4n) is 2.78. The third kappa shape index (κ3) is 3.38. The van der Waals surface area contributed by atoms with E-state index in [9.17, 15) is 9.90 Å². The standard InChI is InChI=1S/C17H24N2O2/c1-4-8-19(9-5-2)17(21)10-13-12-18(3)16-7-6-14(20)11-15(13)16/h6-7,11-12,20H,4-5,8-10H2,1-3H3. The van der Waals surface area contributed by atoms with Gasteiger partial charge in [-0.25, -0.2) is 0 Å². The van der Waals surface area contributed by atoms with Gasteiger partial charge in [0, 0.05) is 37.2 Å². The second-order valence-corrected chi connectivity index (χ2v) is 5.52. The fraction of sp³-hybridized carbons (Fsp3) is 0.471. The summed E-state index contributed by atoms with van der Waals surface area (Å²) in [4.78, 5) is 14.4. The van der Waals surface area contributed by atoms with Crippen molar-refractivity contribution in [3.8, 4) is 5.75 Å². The van der Waals surface area contributed by atoms with Crippen LogP contribution in [0.15, 0.2) is 24.4 Å². The number of rotatable bonds is 6. The van der Waals surface area contributed by atoms with Crippen molar-refractivity contribution in [3.63, 3.8) is 0 Å². The molecule has 4 heteroatoms. The van der Waals surface area contributed by atoms with Gasteiger partial charge in [0.1, 0.15) is 5.75 Å². The molecule has 2 aromatic rings. The molecule has 0 aliphatic carbocycles. The molecule has 0 fully saturated rings. The second-order valence-electron chi connectivity index (χ2n) is 5.52. The van der Waals surface area contributed by atoms with Gasteiger partial charge in [0.2, 0.25) is 5.91 Å². The van der Waals surface area contributed by atoms with Gasteiger partial charge in [-0.15, -0.1) is 0 Å². The van der Waals surface area contributed by atoms with Gasteiger partial charge >= 0.3 is 0 Å². The Kier molecular flexibility index (Phi) is 4.89. The van der Waals surface area contributed by atoms with Gasteiger partial charge in [-0.1, -0.05) is 13.8 Å². The number of phenolic OH excluding ortho intramolecular Hbond substituents is 1. The summed E-state index contributed by atoms with van der Waals surface area (Å²) in [6.45, 7) is 5.79. The van der Waals surface area contributed by atoms with Crippen LogP contribution in [0.5, 0.6) is 5.75 Å². The van der Waals surface area contributed by atoms with Crippen LogP contribution in [-0.4, -0.2) is 33.6 Å². The number of aryl methyl sites for hydroxylation is 1. The number of phenols is 1. The van der Waals surface area contributed by atoms with Crippen LogP contribution in [-0.2, 0) is 18.3 Å². The summed E-state index contributed by atoms with van der Waals surface area (Å²) in [6.07, 6.45) is 4.32. The zero-order valence-corrected chi connectivity index (χ0v) is 13.1. The first-order valence-corrected chi connectivity index (χ1v) is 7.61. The number of carbonyl (C=O) groups is 1. The maximum absolute atomic E-state index is 12.5. The first-order chi connectivity index (χ1) is 10.1. The van der Waals surface area contributed by atoms with E-state index in [1.54, 1.807) is 12.1 Å². The highest BCUT2D eigenvalue weighted by atomic mass is 16.3. The lowest BCUT2D eigenvalue weighted by molar-refractivity contribution is -0.130. The largest absolute Gasteiger partial charge is 0.508 e. The molecule has 4 nitrogen and oxygen atoms in total. The zero-order valence-electron chi connectivity index (χ0n) is 13.1. The van der Waals surface area contributed by atoms with Gasteiger partial charge in [-0.05, 0) is 36.6 Å². The number of hydrogen-bond donors (Lipinski definition) is 1. The molecule has 0 aliphatic rings. The second kappa shape index (κ2) is 6.66. The Morgan fingerprint density at radius 3 is 2.52 bits per heavy atom. The smallest absolute Gasteiger partial charge is 0.227 e. The van der Waals surface area contributed by atoms with E-state index < -0.39 is 0 Å². The van der Waals surface area contributed by atoms with Crippen molar-refractivity contribution in [1.29, 1.82) is 0 Å². The number of aromatic nitrogens is 1. The molecule has 0 bridgehead atoms. The third-order valence-corrected chi connectivity index (χ3v) is 3.74. The van der Waals surface area contributed by atoms with Crippen LogP contribution in [0.25, 0.3) is 10.9 Å². The van der Waals surface area contributed by atoms with Crippen molar-refractivity contribution in [2.24, 2.45) is 7.05 Å². The molecule has 114 valence electrons. The first kappa shape index (κ1) is 15.4. The minimum Gasteiger partial charge on any atom is -0.508 e. The fourth-order valence-corrected chi connectivity index (χ4v) is 2.78. The van der Waals surface area contributed by atoms with E-state index in [-0.39, 0.29) is 11.7 Å². The Bertz CT molecular complexity index is 625. The van der Waals surface area contributed by atoms with Crippen LogP contribution in [0.2, 0.25) is 0 Å². The summed E-state index contributed by atoms with van der Waals surface area (Å²) in [7, 11) is 1.96. The molecule has 1 heterocycles. The van der Waals surface area contributed by atoms with Crippen molar-refractivity contribution in [3.05, 3.63) is 30.0 Å². The zero-order chi connectivity index (χ0) is 15.4. The molecule has 1 amide bonds. The number of benzene rings is 1. The topological polar surface area (TPSA) is 45.5 Å². The van der Waals surface area contributed by atoms with E-state index in [0.717, 1.165) is 42.4 Å². The molecule has 1 aromatic heterocycles. The van der Waals surface area contributed by atoms with E-state index in [0.29, 0.717) is 6.42 Å². The Morgan fingerprint density at radius 2 is 1.90 bits per heavy atom. The van der Waals surface area contributed by atoms with E-state index >= 15 is 0 Å². The lowest BCUT2D eigenvalue weighted by atomic mass is 10.1. The normalized spacial score (nSPS) is 11.0. The van der Waals surface area contributed by atoms with Crippen molar-refractivity contribution >= 4 is 16.8 Å². The van der Waals surface area contributed by atoms with Gasteiger partial charge in [-0.2, -0.15) is 0 Å². The summed E-state index contributed by atoms with van der Waals surface area (Å²) in [5.41, 5.74) is 2.01. The average Bonchev–Trinajstić information content (AvgIpc) is 2.74. The molecule has 0 saturated carbocycles. The minimum absolute atomic E-state index is 0.162. The molecule has 0 spiro atoms. The van der Waals surface area contributed by atoms with Crippen LogP contribution in [0.3, 0.4) is 0 Å². The Morgan fingerprint density at radius 1 is 1.24 bits per heavy atom. The number of carbonyl (C=O) groups excluding carboxylic acids is 1. The number of hydrogen-bond acceptors (Lipinski definition) is 2. The predicted molar refractivity (Wildman–Crippen MR) is 85.4 cm³/mol. The Balaban J connectivity index is 2.26. The van der Waals surface area contributed by atoms with Crippen molar-refractivity contribution in [2.45, 2.75) is 33.1 Å². The lowest BCUT2D eigenvalue weighted by Gasteiger charge is -2.21. The number of nitrogens with zero attached hydrogens (tertiary/aromatic N) is 2. The molecule has 0 aliphatic heterocycles. The van der Waals surface area contributed by atoms with E-state index in [1.165, 1.54) is 0 Å². The van der Waals surface area contributed by atoms with Crippen molar-refractivity contribution in [2.75, 3.05) is 13.1 Å². The molecule has 1 aromatic carbocycles. The number of aromatic hydroxyl groups is 1. The lowest BCUT2D eigenvalue weighted by Crippen LogP contribution is -2.33. The maximum Gasteiger partial charge on any atom is 0.227 e. The van der Waals surface area contributed by atoms with E-state index in [2.05, 4.69) is 13.8 Å². The van der Waals surface area contributed by atoms with Crippen LogP contribution in [0.4, 0.5) is 0 Å².